The first-order valence-corrected chi connectivity index (χ1v) is 8.74. The van der Waals surface area contributed by atoms with E-state index in [0.29, 0.717) is 11.5 Å². The van der Waals surface area contributed by atoms with Crippen LogP contribution < -0.4 is 5.32 Å². The van der Waals surface area contributed by atoms with Gasteiger partial charge in [-0.3, -0.25) is 0 Å². The van der Waals surface area contributed by atoms with Crippen LogP contribution in [0.4, 0.5) is 0 Å². The van der Waals surface area contributed by atoms with Crippen LogP contribution in [0.25, 0.3) is 0 Å². The molecule has 3 fully saturated rings. The summed E-state index contributed by atoms with van der Waals surface area (Å²) in [4.78, 5) is 2.44. The molecule has 1 spiro atoms. The van der Waals surface area contributed by atoms with E-state index in [-0.39, 0.29) is 0 Å². The van der Waals surface area contributed by atoms with E-state index >= 15 is 0 Å². The van der Waals surface area contributed by atoms with Gasteiger partial charge in [-0.05, 0) is 56.2 Å². The molecule has 1 aliphatic heterocycles. The minimum absolute atomic E-state index is 0.665. The molecule has 2 saturated carbocycles. The van der Waals surface area contributed by atoms with Crippen LogP contribution in [-0.2, 0) is 0 Å². The van der Waals surface area contributed by atoms with Crippen LogP contribution in [0.5, 0.6) is 0 Å². The van der Waals surface area contributed by atoms with Gasteiger partial charge in [0.2, 0.25) is 0 Å². The van der Waals surface area contributed by atoms with Gasteiger partial charge in [-0.1, -0.05) is 32.1 Å². The van der Waals surface area contributed by atoms with Crippen LogP contribution in [0.3, 0.4) is 0 Å². The second-order valence-electron chi connectivity index (χ2n) is 6.98. The summed E-state index contributed by atoms with van der Waals surface area (Å²) in [6.45, 7) is 2.39. The zero-order chi connectivity index (χ0) is 13.1. The number of nitrogens with one attached hydrogen (secondary N) is 1. The molecule has 1 heterocycles. The van der Waals surface area contributed by atoms with Crippen molar-refractivity contribution in [1.82, 2.24) is 10.2 Å². The van der Waals surface area contributed by atoms with Crippen LogP contribution in [0.15, 0.2) is 0 Å². The van der Waals surface area contributed by atoms with Crippen molar-refractivity contribution >= 4 is 17.3 Å². The Bertz CT molecular complexity index is 307. The molecule has 0 unspecified atom stereocenters. The first-order valence-electron chi connectivity index (χ1n) is 8.33. The zero-order valence-corrected chi connectivity index (χ0v) is 12.9. The highest BCUT2D eigenvalue weighted by molar-refractivity contribution is 7.80. The summed E-state index contributed by atoms with van der Waals surface area (Å²) in [7, 11) is 0. The molecule has 3 rings (SSSR count). The van der Waals surface area contributed by atoms with Gasteiger partial charge in [0, 0.05) is 19.1 Å². The van der Waals surface area contributed by atoms with Gasteiger partial charge in [-0.25, -0.2) is 0 Å². The van der Waals surface area contributed by atoms with E-state index in [1.165, 1.54) is 83.7 Å². The number of nitrogens with zero attached hydrogens (tertiary/aromatic N) is 1. The first-order chi connectivity index (χ1) is 9.27. The highest BCUT2D eigenvalue weighted by Crippen LogP contribution is 2.44. The maximum atomic E-state index is 5.62. The quantitative estimate of drug-likeness (QED) is 0.735. The lowest BCUT2D eigenvalue weighted by Crippen LogP contribution is -2.49. The van der Waals surface area contributed by atoms with Gasteiger partial charge < -0.3 is 10.2 Å². The van der Waals surface area contributed by atoms with Crippen molar-refractivity contribution in [2.75, 3.05) is 13.1 Å². The van der Waals surface area contributed by atoms with Crippen LogP contribution in [0.2, 0.25) is 0 Å². The van der Waals surface area contributed by atoms with Crippen molar-refractivity contribution in [3.8, 4) is 0 Å². The second kappa shape index (κ2) is 5.99. The summed E-state index contributed by atoms with van der Waals surface area (Å²) in [6, 6.07) is 0.665. The van der Waals surface area contributed by atoms with Crippen molar-refractivity contribution in [2.24, 2.45) is 5.41 Å². The van der Waals surface area contributed by atoms with Gasteiger partial charge in [-0.15, -0.1) is 0 Å². The van der Waals surface area contributed by atoms with Gasteiger partial charge in [-0.2, -0.15) is 0 Å². The van der Waals surface area contributed by atoms with Gasteiger partial charge in [0.05, 0.1) is 0 Å². The van der Waals surface area contributed by atoms with E-state index in [0.717, 1.165) is 5.11 Å². The Morgan fingerprint density at radius 3 is 2.16 bits per heavy atom. The van der Waals surface area contributed by atoms with E-state index in [4.69, 9.17) is 12.2 Å². The van der Waals surface area contributed by atoms with Crippen LogP contribution in [0.1, 0.15) is 70.6 Å². The molecule has 2 aliphatic carbocycles. The molecule has 3 heteroatoms. The van der Waals surface area contributed by atoms with E-state index < -0.39 is 0 Å². The Morgan fingerprint density at radius 2 is 1.53 bits per heavy atom. The lowest BCUT2D eigenvalue weighted by atomic mass is 9.68. The van der Waals surface area contributed by atoms with E-state index in [1.54, 1.807) is 0 Å². The Kier molecular flexibility index (Phi) is 4.30. The largest absolute Gasteiger partial charge is 0.360 e. The average Bonchev–Trinajstić information content (AvgIpc) is 2.93. The van der Waals surface area contributed by atoms with E-state index in [1.807, 2.05) is 0 Å². The standard InChI is InChI=1S/C16H28N2S/c19-15(17-14-6-2-3-7-14)18-12-10-16(11-13-18)8-4-1-5-9-16/h14H,1-13H2,(H,17,19). The Labute approximate surface area is 123 Å². The molecule has 0 radical (unpaired) electrons. The molecule has 1 N–H and O–H groups in total. The van der Waals surface area contributed by atoms with E-state index in [9.17, 15) is 0 Å². The molecule has 3 aliphatic rings. The Hall–Kier alpha value is -0.310. The normalized spacial score (nSPS) is 27.7. The molecule has 0 atom stereocenters. The highest BCUT2D eigenvalue weighted by Gasteiger charge is 2.36. The Balaban J connectivity index is 1.47. The van der Waals surface area contributed by atoms with Crippen LogP contribution in [0, 0.1) is 5.41 Å². The number of rotatable bonds is 1. The molecule has 0 bridgehead atoms. The predicted octanol–water partition coefficient (Wildman–Crippen LogP) is 3.85. The molecule has 1 saturated heterocycles. The molecule has 0 aromatic rings. The van der Waals surface area contributed by atoms with Crippen molar-refractivity contribution < 1.29 is 0 Å². The molecule has 0 aromatic carbocycles. The molecule has 19 heavy (non-hydrogen) atoms. The highest BCUT2D eigenvalue weighted by atomic mass is 32.1. The number of hydrogen-bond acceptors (Lipinski definition) is 1. The van der Waals surface area contributed by atoms with Gasteiger partial charge in [0.1, 0.15) is 0 Å². The third-order valence-electron chi connectivity index (χ3n) is 5.71. The zero-order valence-electron chi connectivity index (χ0n) is 12.1. The fraction of sp³-hybridized carbons (Fsp3) is 0.938. The monoisotopic (exact) mass is 280 g/mol. The van der Waals surface area contributed by atoms with Crippen LogP contribution >= 0.6 is 12.2 Å². The van der Waals surface area contributed by atoms with Gasteiger partial charge >= 0.3 is 0 Å². The maximum absolute atomic E-state index is 5.62. The summed E-state index contributed by atoms with van der Waals surface area (Å²) < 4.78 is 0. The molecular formula is C16H28N2S. The molecule has 2 nitrogen and oxygen atoms in total. The molecule has 0 amide bonds. The summed E-state index contributed by atoms with van der Waals surface area (Å²) in [5.74, 6) is 0. The topological polar surface area (TPSA) is 15.3 Å². The third-order valence-corrected chi connectivity index (χ3v) is 6.08. The summed E-state index contributed by atoms with van der Waals surface area (Å²) in [5.41, 5.74) is 0.692. The number of likely N-dealkylation sites (tertiary alicyclic amines) is 1. The first kappa shape index (κ1) is 13.7. The van der Waals surface area contributed by atoms with Gasteiger partial charge in [0.15, 0.2) is 5.11 Å². The second-order valence-corrected chi connectivity index (χ2v) is 7.37. The summed E-state index contributed by atoms with van der Waals surface area (Å²) >= 11 is 5.62. The fourth-order valence-electron chi connectivity index (χ4n) is 4.32. The van der Waals surface area contributed by atoms with Crippen molar-refractivity contribution in [2.45, 2.75) is 76.7 Å². The summed E-state index contributed by atoms with van der Waals surface area (Å²) in [5, 5.41) is 4.64. The molecular weight excluding hydrogens is 252 g/mol. The van der Waals surface area contributed by atoms with Crippen molar-refractivity contribution in [3.05, 3.63) is 0 Å². The molecule has 108 valence electrons. The minimum atomic E-state index is 0.665. The number of thiocarbonyl (C=S) groups is 1. The Morgan fingerprint density at radius 1 is 0.895 bits per heavy atom. The molecule has 0 aromatic heterocycles. The lowest BCUT2D eigenvalue weighted by molar-refractivity contribution is 0.0971. The van der Waals surface area contributed by atoms with E-state index in [2.05, 4.69) is 10.2 Å². The van der Waals surface area contributed by atoms with Crippen molar-refractivity contribution in [3.63, 3.8) is 0 Å². The smallest absolute Gasteiger partial charge is 0.169 e. The average molecular weight is 280 g/mol. The SMILES string of the molecule is S=C(NC1CCCC1)N1CCC2(CCCCC2)CC1. The van der Waals surface area contributed by atoms with Crippen molar-refractivity contribution in [1.29, 1.82) is 0 Å². The predicted molar refractivity (Wildman–Crippen MR) is 84.3 cm³/mol. The lowest BCUT2D eigenvalue weighted by Gasteiger charge is -2.45. The van der Waals surface area contributed by atoms with Gasteiger partial charge in [0.25, 0.3) is 0 Å². The third kappa shape index (κ3) is 3.24. The van der Waals surface area contributed by atoms with Crippen LogP contribution in [-0.4, -0.2) is 29.1 Å². The maximum Gasteiger partial charge on any atom is 0.169 e. The fourth-order valence-corrected chi connectivity index (χ4v) is 4.67. The summed E-state index contributed by atoms with van der Waals surface area (Å²) in [6.07, 6.45) is 15.5. The number of piperidine rings is 1. The minimum Gasteiger partial charge on any atom is -0.360 e. The number of hydrogen-bond donors (Lipinski definition) is 1.